The van der Waals surface area contributed by atoms with Gasteiger partial charge in [-0.2, -0.15) is 0 Å². The van der Waals surface area contributed by atoms with Crippen molar-refractivity contribution in [1.29, 1.82) is 0 Å². The lowest BCUT2D eigenvalue weighted by Gasteiger charge is -2.15. The SMILES string of the molecule is NCC(NCCCCCO)c1sccc1Br. The van der Waals surface area contributed by atoms with Crippen molar-refractivity contribution in [2.45, 2.75) is 25.3 Å². The van der Waals surface area contributed by atoms with E-state index in [2.05, 4.69) is 32.7 Å². The van der Waals surface area contributed by atoms with Crippen molar-refractivity contribution < 1.29 is 5.11 Å². The summed E-state index contributed by atoms with van der Waals surface area (Å²) in [6.45, 7) is 1.85. The van der Waals surface area contributed by atoms with Crippen LogP contribution in [-0.2, 0) is 0 Å². The maximum absolute atomic E-state index is 8.66. The third kappa shape index (κ3) is 4.51. The standard InChI is InChI=1S/C11H19BrN2OS/c12-9-4-7-16-11(9)10(8-13)14-5-2-1-3-6-15/h4,7,10,14-15H,1-3,5-6,8,13H2. The van der Waals surface area contributed by atoms with Crippen LogP contribution in [0.15, 0.2) is 15.9 Å². The lowest BCUT2D eigenvalue weighted by atomic mass is 10.2. The molecule has 0 aromatic carbocycles. The first-order valence-corrected chi connectivity index (χ1v) is 7.24. The lowest BCUT2D eigenvalue weighted by molar-refractivity contribution is 0.282. The van der Waals surface area contributed by atoms with E-state index < -0.39 is 0 Å². The molecule has 3 nitrogen and oxygen atoms in total. The van der Waals surface area contributed by atoms with Crippen LogP contribution < -0.4 is 11.1 Å². The van der Waals surface area contributed by atoms with Gasteiger partial charge in [0.1, 0.15) is 0 Å². The van der Waals surface area contributed by atoms with Gasteiger partial charge in [0.05, 0.1) is 6.04 Å². The Balaban J connectivity index is 2.30. The highest BCUT2D eigenvalue weighted by molar-refractivity contribution is 9.10. The zero-order valence-electron chi connectivity index (χ0n) is 9.29. The molecule has 5 heteroatoms. The van der Waals surface area contributed by atoms with Crippen LogP contribution in [0.3, 0.4) is 0 Å². The largest absolute Gasteiger partial charge is 0.396 e. The van der Waals surface area contributed by atoms with Gasteiger partial charge in [0.15, 0.2) is 0 Å². The van der Waals surface area contributed by atoms with Crippen LogP contribution in [0.25, 0.3) is 0 Å². The average molecular weight is 307 g/mol. The highest BCUT2D eigenvalue weighted by Crippen LogP contribution is 2.28. The van der Waals surface area contributed by atoms with Crippen LogP contribution in [0.5, 0.6) is 0 Å². The van der Waals surface area contributed by atoms with E-state index in [1.165, 1.54) is 4.88 Å². The second-order valence-corrected chi connectivity index (χ2v) is 5.46. The Kier molecular flexibility index (Phi) is 7.23. The monoisotopic (exact) mass is 306 g/mol. The van der Waals surface area contributed by atoms with Gasteiger partial charge in [-0.25, -0.2) is 0 Å². The average Bonchev–Trinajstić information content (AvgIpc) is 2.70. The molecule has 1 unspecified atom stereocenters. The van der Waals surface area contributed by atoms with Gasteiger partial charge in [0, 0.05) is 22.5 Å². The summed E-state index contributed by atoms with van der Waals surface area (Å²) in [5, 5.41) is 14.2. The molecule has 0 saturated heterocycles. The van der Waals surface area contributed by atoms with Gasteiger partial charge in [-0.1, -0.05) is 0 Å². The van der Waals surface area contributed by atoms with Crippen molar-refractivity contribution in [1.82, 2.24) is 5.32 Å². The highest BCUT2D eigenvalue weighted by atomic mass is 79.9. The molecule has 0 aliphatic heterocycles. The Morgan fingerprint density at radius 1 is 1.44 bits per heavy atom. The van der Waals surface area contributed by atoms with E-state index in [4.69, 9.17) is 10.8 Å². The fraction of sp³-hybridized carbons (Fsp3) is 0.636. The molecule has 1 aromatic heterocycles. The molecule has 0 radical (unpaired) electrons. The van der Waals surface area contributed by atoms with Crippen molar-refractivity contribution >= 4 is 27.3 Å². The summed E-state index contributed by atoms with van der Waals surface area (Å²) in [4.78, 5) is 1.27. The van der Waals surface area contributed by atoms with Crippen molar-refractivity contribution in [3.63, 3.8) is 0 Å². The van der Waals surface area contributed by atoms with Crippen molar-refractivity contribution in [3.8, 4) is 0 Å². The van der Waals surface area contributed by atoms with Crippen LogP contribution in [0.2, 0.25) is 0 Å². The number of rotatable bonds is 8. The molecule has 16 heavy (non-hydrogen) atoms. The number of aliphatic hydroxyl groups is 1. The molecule has 92 valence electrons. The maximum atomic E-state index is 8.66. The second kappa shape index (κ2) is 8.20. The Morgan fingerprint density at radius 3 is 2.81 bits per heavy atom. The Hall–Kier alpha value is 0.0600. The van der Waals surface area contributed by atoms with E-state index in [1.54, 1.807) is 11.3 Å². The number of unbranched alkanes of at least 4 members (excludes halogenated alkanes) is 2. The van der Waals surface area contributed by atoms with E-state index in [0.717, 1.165) is 30.3 Å². The summed E-state index contributed by atoms with van der Waals surface area (Å²) in [7, 11) is 0. The van der Waals surface area contributed by atoms with Crippen molar-refractivity contribution in [2.75, 3.05) is 19.7 Å². The van der Waals surface area contributed by atoms with Crippen LogP contribution in [0.4, 0.5) is 0 Å². The zero-order chi connectivity index (χ0) is 11.8. The van der Waals surface area contributed by atoms with Gasteiger partial charge in [-0.15, -0.1) is 11.3 Å². The minimum absolute atomic E-state index is 0.239. The number of nitrogens with one attached hydrogen (secondary N) is 1. The minimum Gasteiger partial charge on any atom is -0.396 e. The second-order valence-electron chi connectivity index (χ2n) is 3.66. The number of hydrogen-bond acceptors (Lipinski definition) is 4. The van der Waals surface area contributed by atoms with Crippen molar-refractivity contribution in [3.05, 3.63) is 20.8 Å². The van der Waals surface area contributed by atoms with Gasteiger partial charge in [0.25, 0.3) is 0 Å². The molecule has 1 aromatic rings. The number of aliphatic hydroxyl groups excluding tert-OH is 1. The zero-order valence-corrected chi connectivity index (χ0v) is 11.7. The molecule has 0 aliphatic rings. The lowest BCUT2D eigenvalue weighted by Crippen LogP contribution is -2.28. The third-order valence-electron chi connectivity index (χ3n) is 2.42. The van der Waals surface area contributed by atoms with E-state index >= 15 is 0 Å². The molecular weight excluding hydrogens is 288 g/mol. The van der Waals surface area contributed by atoms with Crippen LogP contribution >= 0.6 is 27.3 Å². The highest BCUT2D eigenvalue weighted by Gasteiger charge is 2.13. The quantitative estimate of drug-likeness (QED) is 0.646. The smallest absolute Gasteiger partial charge is 0.0550 e. The first-order valence-electron chi connectivity index (χ1n) is 5.56. The minimum atomic E-state index is 0.239. The van der Waals surface area contributed by atoms with Gasteiger partial charge in [0.2, 0.25) is 0 Å². The summed E-state index contributed by atoms with van der Waals surface area (Å²) >= 11 is 5.24. The van der Waals surface area contributed by atoms with E-state index in [0.29, 0.717) is 6.54 Å². The van der Waals surface area contributed by atoms with E-state index in [-0.39, 0.29) is 12.6 Å². The molecule has 4 N–H and O–H groups in total. The molecular formula is C11H19BrN2OS. The fourth-order valence-corrected chi connectivity index (χ4v) is 3.27. The molecule has 0 aliphatic carbocycles. The maximum Gasteiger partial charge on any atom is 0.0550 e. The molecule has 0 amide bonds. The predicted octanol–water partition coefficient (Wildman–Crippen LogP) is 2.26. The Bertz CT molecular complexity index is 293. The van der Waals surface area contributed by atoms with Crippen LogP contribution in [-0.4, -0.2) is 24.8 Å². The summed E-state index contributed by atoms with van der Waals surface area (Å²) < 4.78 is 1.14. The Labute approximate surface area is 109 Å². The normalized spacial score (nSPS) is 12.9. The predicted molar refractivity (Wildman–Crippen MR) is 72.8 cm³/mol. The van der Waals surface area contributed by atoms with Crippen molar-refractivity contribution in [2.24, 2.45) is 5.73 Å². The number of halogens is 1. The molecule has 0 saturated carbocycles. The number of hydrogen-bond donors (Lipinski definition) is 3. The number of thiophene rings is 1. The summed E-state index contributed by atoms with van der Waals surface area (Å²) in [6.07, 6.45) is 3.03. The van der Waals surface area contributed by atoms with Crippen LogP contribution in [0, 0.1) is 0 Å². The molecule has 0 bridgehead atoms. The van der Waals surface area contributed by atoms with Crippen LogP contribution in [0.1, 0.15) is 30.2 Å². The molecule has 0 fully saturated rings. The van der Waals surface area contributed by atoms with Gasteiger partial charge >= 0.3 is 0 Å². The summed E-state index contributed by atoms with van der Waals surface area (Å²) in [5.41, 5.74) is 5.76. The first kappa shape index (κ1) is 14.1. The summed E-state index contributed by atoms with van der Waals surface area (Å²) in [6, 6.07) is 2.29. The van der Waals surface area contributed by atoms with E-state index in [9.17, 15) is 0 Å². The molecule has 1 rings (SSSR count). The third-order valence-corrected chi connectivity index (χ3v) is 4.41. The van der Waals surface area contributed by atoms with E-state index in [1.807, 2.05) is 0 Å². The van der Waals surface area contributed by atoms with Gasteiger partial charge in [-0.05, 0) is 53.2 Å². The topological polar surface area (TPSA) is 58.3 Å². The first-order chi connectivity index (χ1) is 7.79. The molecule has 1 heterocycles. The molecule has 0 spiro atoms. The summed E-state index contributed by atoms with van der Waals surface area (Å²) in [5.74, 6) is 0. The fourth-order valence-electron chi connectivity index (χ4n) is 1.53. The Morgan fingerprint density at radius 2 is 2.25 bits per heavy atom. The molecule has 1 atom stereocenters. The van der Waals surface area contributed by atoms with Gasteiger partial charge < -0.3 is 16.2 Å². The van der Waals surface area contributed by atoms with Gasteiger partial charge in [-0.3, -0.25) is 0 Å². The number of nitrogens with two attached hydrogens (primary N) is 1.